The second kappa shape index (κ2) is 6.10. The second-order valence-electron chi connectivity index (χ2n) is 5.50. The fraction of sp³-hybridized carbons (Fsp3) is 0.375. The van der Waals surface area contributed by atoms with Crippen LogP contribution in [-0.4, -0.2) is 33.2 Å². The normalized spacial score (nSPS) is 19.5. The SMILES string of the molecule is NC(=O)[C@@H]1CCCCN1Cc1ccc(-n2cccn2)cc1. The molecule has 1 aliphatic heterocycles. The molecule has 1 amide bonds. The predicted octanol–water partition coefficient (Wildman–Crippen LogP) is 1.71. The van der Waals surface area contributed by atoms with E-state index in [1.54, 1.807) is 6.20 Å². The molecule has 1 aromatic carbocycles. The van der Waals surface area contributed by atoms with E-state index in [1.165, 1.54) is 5.56 Å². The Balaban J connectivity index is 1.71. The average Bonchev–Trinajstić information content (AvgIpc) is 3.03. The molecule has 21 heavy (non-hydrogen) atoms. The van der Waals surface area contributed by atoms with Gasteiger partial charge in [0, 0.05) is 18.9 Å². The Morgan fingerprint density at radius 3 is 2.76 bits per heavy atom. The lowest BCUT2D eigenvalue weighted by Gasteiger charge is -2.33. The monoisotopic (exact) mass is 284 g/mol. The molecule has 0 aliphatic carbocycles. The van der Waals surface area contributed by atoms with Gasteiger partial charge in [-0.05, 0) is 43.1 Å². The Morgan fingerprint density at radius 1 is 1.29 bits per heavy atom. The first kappa shape index (κ1) is 13.8. The minimum Gasteiger partial charge on any atom is -0.368 e. The van der Waals surface area contributed by atoms with Crippen LogP contribution in [0.4, 0.5) is 0 Å². The van der Waals surface area contributed by atoms with Gasteiger partial charge < -0.3 is 5.73 Å². The van der Waals surface area contributed by atoms with Gasteiger partial charge in [0.1, 0.15) is 0 Å². The molecular weight excluding hydrogens is 264 g/mol. The highest BCUT2D eigenvalue weighted by molar-refractivity contribution is 5.79. The smallest absolute Gasteiger partial charge is 0.234 e. The molecule has 110 valence electrons. The van der Waals surface area contributed by atoms with E-state index in [2.05, 4.69) is 22.1 Å². The Hall–Kier alpha value is -2.14. The van der Waals surface area contributed by atoms with Crippen molar-refractivity contribution in [3.05, 3.63) is 48.3 Å². The van der Waals surface area contributed by atoms with Gasteiger partial charge in [-0.1, -0.05) is 18.6 Å². The summed E-state index contributed by atoms with van der Waals surface area (Å²) in [6.07, 6.45) is 6.78. The third-order valence-corrected chi connectivity index (χ3v) is 4.03. The van der Waals surface area contributed by atoms with Crippen molar-refractivity contribution in [2.24, 2.45) is 5.73 Å². The molecule has 1 atom stereocenters. The largest absolute Gasteiger partial charge is 0.368 e. The molecule has 0 radical (unpaired) electrons. The number of amides is 1. The number of nitrogens with two attached hydrogens (primary N) is 1. The molecule has 2 N–H and O–H groups in total. The van der Waals surface area contributed by atoms with Crippen LogP contribution >= 0.6 is 0 Å². The molecular formula is C16H20N4O. The summed E-state index contributed by atoms with van der Waals surface area (Å²) in [7, 11) is 0. The highest BCUT2D eigenvalue weighted by Gasteiger charge is 2.26. The number of hydrogen-bond donors (Lipinski definition) is 1. The number of likely N-dealkylation sites (tertiary alicyclic amines) is 1. The molecule has 0 spiro atoms. The third kappa shape index (κ3) is 3.13. The zero-order valence-corrected chi connectivity index (χ0v) is 12.0. The highest BCUT2D eigenvalue weighted by Crippen LogP contribution is 2.20. The summed E-state index contributed by atoms with van der Waals surface area (Å²) in [5.74, 6) is -0.206. The molecule has 0 bridgehead atoms. The van der Waals surface area contributed by atoms with E-state index in [1.807, 2.05) is 29.1 Å². The van der Waals surface area contributed by atoms with Crippen LogP contribution in [-0.2, 0) is 11.3 Å². The van der Waals surface area contributed by atoms with Crippen LogP contribution in [0.1, 0.15) is 24.8 Å². The molecule has 1 aromatic heterocycles. The van der Waals surface area contributed by atoms with Crippen molar-refractivity contribution in [1.82, 2.24) is 14.7 Å². The predicted molar refractivity (Wildman–Crippen MR) is 80.8 cm³/mol. The summed E-state index contributed by atoms with van der Waals surface area (Å²) in [4.78, 5) is 13.7. The standard InChI is InChI=1S/C16H20N4O/c17-16(21)15-4-1-2-10-19(15)12-13-5-7-14(8-6-13)20-11-3-9-18-20/h3,5-9,11,15H,1-2,4,10,12H2,(H2,17,21)/t15-/m0/s1. The number of primary amides is 1. The maximum Gasteiger partial charge on any atom is 0.234 e. The molecule has 1 aliphatic rings. The molecule has 5 heteroatoms. The van der Waals surface area contributed by atoms with Gasteiger partial charge in [0.25, 0.3) is 0 Å². The Bertz CT molecular complexity index is 591. The van der Waals surface area contributed by atoms with Crippen molar-refractivity contribution < 1.29 is 4.79 Å². The van der Waals surface area contributed by atoms with Crippen LogP contribution in [0.3, 0.4) is 0 Å². The number of rotatable bonds is 4. The fourth-order valence-electron chi connectivity index (χ4n) is 2.91. The maximum absolute atomic E-state index is 11.5. The maximum atomic E-state index is 11.5. The average molecular weight is 284 g/mol. The Labute approximate surface area is 124 Å². The van der Waals surface area contributed by atoms with Crippen LogP contribution in [0.25, 0.3) is 5.69 Å². The van der Waals surface area contributed by atoms with Crippen molar-refractivity contribution >= 4 is 5.91 Å². The van der Waals surface area contributed by atoms with Gasteiger partial charge in [-0.25, -0.2) is 4.68 Å². The van der Waals surface area contributed by atoms with Crippen molar-refractivity contribution in [3.8, 4) is 5.69 Å². The van der Waals surface area contributed by atoms with E-state index < -0.39 is 0 Å². The van der Waals surface area contributed by atoms with Crippen LogP contribution in [0.5, 0.6) is 0 Å². The van der Waals surface area contributed by atoms with Gasteiger partial charge in [0.15, 0.2) is 0 Å². The van der Waals surface area contributed by atoms with Gasteiger partial charge >= 0.3 is 0 Å². The lowest BCUT2D eigenvalue weighted by molar-refractivity contribution is -0.124. The molecule has 0 unspecified atom stereocenters. The zero-order chi connectivity index (χ0) is 14.7. The van der Waals surface area contributed by atoms with Crippen LogP contribution < -0.4 is 5.73 Å². The number of nitrogens with zero attached hydrogens (tertiary/aromatic N) is 3. The van der Waals surface area contributed by atoms with Gasteiger partial charge in [-0.3, -0.25) is 9.69 Å². The third-order valence-electron chi connectivity index (χ3n) is 4.03. The van der Waals surface area contributed by atoms with Crippen LogP contribution in [0, 0.1) is 0 Å². The lowest BCUT2D eigenvalue weighted by atomic mass is 10.0. The number of carbonyl (C=O) groups is 1. The molecule has 1 saturated heterocycles. The minimum absolute atomic E-state index is 0.121. The Kier molecular flexibility index (Phi) is 4.01. The fourth-order valence-corrected chi connectivity index (χ4v) is 2.91. The summed E-state index contributed by atoms with van der Waals surface area (Å²) in [5, 5.41) is 4.21. The first-order valence-electron chi connectivity index (χ1n) is 7.36. The van der Waals surface area contributed by atoms with E-state index in [4.69, 9.17) is 5.73 Å². The van der Waals surface area contributed by atoms with E-state index in [-0.39, 0.29) is 11.9 Å². The van der Waals surface area contributed by atoms with Crippen molar-refractivity contribution in [2.45, 2.75) is 31.8 Å². The van der Waals surface area contributed by atoms with Gasteiger partial charge in [0.05, 0.1) is 11.7 Å². The van der Waals surface area contributed by atoms with E-state index in [0.29, 0.717) is 0 Å². The first-order valence-corrected chi connectivity index (χ1v) is 7.36. The number of hydrogen-bond acceptors (Lipinski definition) is 3. The Morgan fingerprint density at radius 2 is 2.10 bits per heavy atom. The van der Waals surface area contributed by atoms with Crippen molar-refractivity contribution in [2.75, 3.05) is 6.54 Å². The van der Waals surface area contributed by atoms with Crippen molar-refractivity contribution in [3.63, 3.8) is 0 Å². The van der Waals surface area contributed by atoms with Crippen molar-refractivity contribution in [1.29, 1.82) is 0 Å². The number of benzene rings is 1. The van der Waals surface area contributed by atoms with E-state index in [0.717, 1.165) is 38.0 Å². The summed E-state index contributed by atoms with van der Waals surface area (Å²) in [6.45, 7) is 1.71. The lowest BCUT2D eigenvalue weighted by Crippen LogP contribution is -2.47. The number of piperidine rings is 1. The zero-order valence-electron chi connectivity index (χ0n) is 12.0. The molecule has 0 saturated carbocycles. The summed E-state index contributed by atoms with van der Waals surface area (Å²) >= 11 is 0. The van der Waals surface area contributed by atoms with E-state index in [9.17, 15) is 4.79 Å². The number of aromatic nitrogens is 2. The minimum atomic E-state index is -0.206. The van der Waals surface area contributed by atoms with Gasteiger partial charge in [-0.15, -0.1) is 0 Å². The first-order chi connectivity index (χ1) is 10.2. The summed E-state index contributed by atoms with van der Waals surface area (Å²) in [6, 6.07) is 10.0. The summed E-state index contributed by atoms with van der Waals surface area (Å²) in [5.41, 5.74) is 7.74. The number of carbonyl (C=O) groups excluding carboxylic acids is 1. The molecule has 3 rings (SSSR count). The summed E-state index contributed by atoms with van der Waals surface area (Å²) < 4.78 is 1.83. The quantitative estimate of drug-likeness (QED) is 0.929. The van der Waals surface area contributed by atoms with E-state index >= 15 is 0 Å². The topological polar surface area (TPSA) is 64.2 Å². The van der Waals surface area contributed by atoms with Crippen LogP contribution in [0.2, 0.25) is 0 Å². The highest BCUT2D eigenvalue weighted by atomic mass is 16.1. The second-order valence-corrected chi connectivity index (χ2v) is 5.50. The molecule has 5 nitrogen and oxygen atoms in total. The molecule has 1 fully saturated rings. The van der Waals surface area contributed by atoms with Gasteiger partial charge in [0.2, 0.25) is 5.91 Å². The van der Waals surface area contributed by atoms with Crippen LogP contribution in [0.15, 0.2) is 42.7 Å². The molecule has 2 aromatic rings. The molecule has 2 heterocycles. The van der Waals surface area contributed by atoms with Gasteiger partial charge in [-0.2, -0.15) is 5.10 Å².